The van der Waals surface area contributed by atoms with Crippen LogP contribution in [0, 0.1) is 24.4 Å². The van der Waals surface area contributed by atoms with Gasteiger partial charge in [-0.05, 0) is 38.3 Å². The number of piperidine rings is 1. The highest BCUT2D eigenvalue weighted by atomic mass is 19.2. The van der Waals surface area contributed by atoms with E-state index in [0.29, 0.717) is 18.9 Å². The van der Waals surface area contributed by atoms with Crippen molar-refractivity contribution in [3.63, 3.8) is 0 Å². The van der Waals surface area contributed by atoms with Gasteiger partial charge < -0.3 is 10.2 Å². The van der Waals surface area contributed by atoms with E-state index in [1.54, 1.807) is 11.8 Å². The van der Waals surface area contributed by atoms with Gasteiger partial charge in [0.2, 0.25) is 0 Å². The number of carbonyl (C=O) groups excluding carboxylic acids is 1. The number of hydrogen-bond donors (Lipinski definition) is 1. The quantitative estimate of drug-likeness (QED) is 0.860. The van der Waals surface area contributed by atoms with Crippen LogP contribution in [0.1, 0.15) is 35.6 Å². The van der Waals surface area contributed by atoms with Crippen molar-refractivity contribution in [3.8, 4) is 0 Å². The second-order valence-corrected chi connectivity index (χ2v) is 5.89. The van der Waals surface area contributed by atoms with Crippen LogP contribution in [0.25, 0.3) is 0 Å². The van der Waals surface area contributed by atoms with Crippen molar-refractivity contribution in [3.05, 3.63) is 47.2 Å². The molecule has 8 heteroatoms. The Bertz CT molecular complexity index is 807. The SMILES string of the molecule is Cc1nc(Nc2ccc(F)c(F)c2F)cc(C(=O)N2CCCCC2)n1. The first-order valence-corrected chi connectivity index (χ1v) is 8.01. The molecule has 0 unspecified atom stereocenters. The number of aryl methyl sites for hydroxylation is 1. The second-order valence-electron chi connectivity index (χ2n) is 5.89. The highest BCUT2D eigenvalue weighted by Crippen LogP contribution is 2.23. The summed E-state index contributed by atoms with van der Waals surface area (Å²) in [6, 6.07) is 3.26. The van der Waals surface area contributed by atoms with Gasteiger partial charge in [0.05, 0.1) is 5.69 Å². The van der Waals surface area contributed by atoms with Crippen LogP contribution in [0.4, 0.5) is 24.7 Å². The summed E-state index contributed by atoms with van der Waals surface area (Å²) in [7, 11) is 0. The summed E-state index contributed by atoms with van der Waals surface area (Å²) in [6.07, 6.45) is 2.98. The van der Waals surface area contributed by atoms with Crippen LogP contribution >= 0.6 is 0 Å². The van der Waals surface area contributed by atoms with Crippen molar-refractivity contribution < 1.29 is 18.0 Å². The first kappa shape index (κ1) is 17.2. The Morgan fingerprint density at radius 1 is 1.08 bits per heavy atom. The molecule has 1 aromatic carbocycles. The molecular formula is C17H17F3N4O. The molecule has 2 heterocycles. The molecule has 132 valence electrons. The van der Waals surface area contributed by atoms with E-state index in [2.05, 4.69) is 15.3 Å². The molecule has 2 aromatic rings. The molecule has 0 atom stereocenters. The van der Waals surface area contributed by atoms with Crippen LogP contribution in [0.15, 0.2) is 18.2 Å². The maximum absolute atomic E-state index is 13.8. The molecule has 0 spiro atoms. The number of halogens is 3. The molecular weight excluding hydrogens is 333 g/mol. The molecule has 5 nitrogen and oxygen atoms in total. The van der Waals surface area contributed by atoms with Crippen LogP contribution in [-0.2, 0) is 0 Å². The number of nitrogens with zero attached hydrogens (tertiary/aromatic N) is 3. The summed E-state index contributed by atoms with van der Waals surface area (Å²) >= 11 is 0. The Morgan fingerprint density at radius 2 is 1.80 bits per heavy atom. The van der Waals surface area contributed by atoms with Crippen molar-refractivity contribution in [2.45, 2.75) is 26.2 Å². The molecule has 25 heavy (non-hydrogen) atoms. The van der Waals surface area contributed by atoms with Crippen molar-refractivity contribution in [1.29, 1.82) is 0 Å². The van der Waals surface area contributed by atoms with Crippen molar-refractivity contribution in [2.75, 3.05) is 18.4 Å². The fourth-order valence-corrected chi connectivity index (χ4v) is 2.76. The minimum absolute atomic E-state index is 0.137. The van der Waals surface area contributed by atoms with Gasteiger partial charge in [-0.2, -0.15) is 0 Å². The number of nitrogens with one attached hydrogen (secondary N) is 1. The van der Waals surface area contributed by atoms with Gasteiger partial charge in [-0.1, -0.05) is 0 Å². The van der Waals surface area contributed by atoms with Crippen molar-refractivity contribution >= 4 is 17.4 Å². The smallest absolute Gasteiger partial charge is 0.272 e. The Kier molecular flexibility index (Phi) is 4.87. The van der Waals surface area contributed by atoms with E-state index in [4.69, 9.17) is 0 Å². The van der Waals surface area contributed by atoms with Gasteiger partial charge in [-0.15, -0.1) is 0 Å². The van der Waals surface area contributed by atoms with Crippen LogP contribution in [0.5, 0.6) is 0 Å². The van der Waals surface area contributed by atoms with Gasteiger partial charge in [0, 0.05) is 19.2 Å². The van der Waals surface area contributed by atoms with Crippen molar-refractivity contribution in [1.82, 2.24) is 14.9 Å². The van der Waals surface area contributed by atoms with E-state index in [9.17, 15) is 18.0 Å². The van der Waals surface area contributed by atoms with Crippen LogP contribution in [0.2, 0.25) is 0 Å². The molecule has 1 saturated heterocycles. The standard InChI is InChI=1S/C17H17F3N4O/c1-10-21-13(17(25)24-7-3-2-4-8-24)9-14(22-10)23-12-6-5-11(18)15(19)16(12)20/h5-6,9H,2-4,7-8H2,1H3,(H,21,22,23). The zero-order valence-electron chi connectivity index (χ0n) is 13.7. The molecule has 0 saturated carbocycles. The van der Waals surface area contributed by atoms with Gasteiger partial charge in [-0.25, -0.2) is 23.1 Å². The third-order valence-electron chi connectivity index (χ3n) is 4.00. The minimum Gasteiger partial charge on any atom is -0.338 e. The lowest BCUT2D eigenvalue weighted by Gasteiger charge is -2.26. The van der Waals surface area contributed by atoms with Gasteiger partial charge in [-0.3, -0.25) is 4.79 Å². The average molecular weight is 350 g/mol. The van der Waals surface area contributed by atoms with Crippen molar-refractivity contribution in [2.24, 2.45) is 0 Å². The zero-order chi connectivity index (χ0) is 18.0. The fraction of sp³-hybridized carbons (Fsp3) is 0.353. The molecule has 0 bridgehead atoms. The van der Waals surface area contributed by atoms with E-state index < -0.39 is 17.5 Å². The number of carbonyl (C=O) groups is 1. The molecule has 1 amide bonds. The van der Waals surface area contributed by atoms with E-state index in [-0.39, 0.29) is 23.1 Å². The molecule has 0 radical (unpaired) electrons. The maximum Gasteiger partial charge on any atom is 0.272 e. The maximum atomic E-state index is 13.8. The summed E-state index contributed by atoms with van der Waals surface area (Å²) in [5.74, 6) is -3.96. The Balaban J connectivity index is 1.87. The van der Waals surface area contributed by atoms with Gasteiger partial charge in [0.25, 0.3) is 5.91 Å². The first-order valence-electron chi connectivity index (χ1n) is 8.01. The van der Waals surface area contributed by atoms with Crippen LogP contribution in [0.3, 0.4) is 0 Å². The number of benzene rings is 1. The number of aromatic nitrogens is 2. The van der Waals surface area contributed by atoms with E-state index in [1.807, 2.05) is 0 Å². The zero-order valence-corrected chi connectivity index (χ0v) is 13.7. The lowest BCUT2D eigenvalue weighted by Crippen LogP contribution is -2.36. The lowest BCUT2D eigenvalue weighted by atomic mass is 10.1. The number of anilines is 2. The Morgan fingerprint density at radius 3 is 2.52 bits per heavy atom. The fourth-order valence-electron chi connectivity index (χ4n) is 2.76. The summed E-state index contributed by atoms with van der Waals surface area (Å²) in [5.41, 5.74) is -0.0896. The average Bonchev–Trinajstić information content (AvgIpc) is 2.62. The van der Waals surface area contributed by atoms with E-state index >= 15 is 0 Å². The molecule has 1 N–H and O–H groups in total. The minimum atomic E-state index is -1.57. The number of amides is 1. The highest BCUT2D eigenvalue weighted by Gasteiger charge is 2.21. The predicted molar refractivity (Wildman–Crippen MR) is 86.1 cm³/mol. The second kappa shape index (κ2) is 7.08. The largest absolute Gasteiger partial charge is 0.338 e. The summed E-state index contributed by atoms with van der Waals surface area (Å²) < 4.78 is 40.2. The predicted octanol–water partition coefficient (Wildman–Crippen LogP) is 3.57. The third kappa shape index (κ3) is 3.72. The third-order valence-corrected chi connectivity index (χ3v) is 4.00. The van der Waals surface area contributed by atoms with E-state index in [0.717, 1.165) is 31.4 Å². The molecule has 1 fully saturated rings. The molecule has 3 rings (SSSR count). The summed E-state index contributed by atoms with van der Waals surface area (Å²) in [6.45, 7) is 2.94. The highest BCUT2D eigenvalue weighted by molar-refractivity contribution is 5.93. The van der Waals surface area contributed by atoms with Crippen LogP contribution in [-0.4, -0.2) is 33.9 Å². The molecule has 1 aromatic heterocycles. The summed E-state index contributed by atoms with van der Waals surface area (Å²) in [5, 5.41) is 2.58. The first-order chi connectivity index (χ1) is 12.0. The summed E-state index contributed by atoms with van der Waals surface area (Å²) in [4.78, 5) is 22.5. The van der Waals surface area contributed by atoms with Gasteiger partial charge in [0.1, 0.15) is 17.3 Å². The Labute approximate surface area is 142 Å². The topological polar surface area (TPSA) is 58.1 Å². The molecule has 1 aliphatic rings. The monoisotopic (exact) mass is 350 g/mol. The number of rotatable bonds is 3. The normalized spacial score (nSPS) is 14.5. The number of hydrogen-bond acceptors (Lipinski definition) is 4. The lowest BCUT2D eigenvalue weighted by molar-refractivity contribution is 0.0718. The number of likely N-dealkylation sites (tertiary alicyclic amines) is 1. The van der Waals surface area contributed by atoms with E-state index in [1.165, 1.54) is 6.07 Å². The van der Waals surface area contributed by atoms with Crippen LogP contribution < -0.4 is 5.32 Å². The van der Waals surface area contributed by atoms with Gasteiger partial charge >= 0.3 is 0 Å². The van der Waals surface area contributed by atoms with Gasteiger partial charge in [0.15, 0.2) is 17.5 Å². The Hall–Kier alpha value is -2.64. The molecule has 0 aliphatic carbocycles. The molecule has 1 aliphatic heterocycles.